The molecule has 0 aliphatic heterocycles. The van der Waals surface area contributed by atoms with E-state index >= 15 is 0 Å². The first-order valence-electron chi connectivity index (χ1n) is 3.01. The Kier molecular flexibility index (Phi) is 2.54. The van der Waals surface area contributed by atoms with Gasteiger partial charge in [0.2, 0.25) is 5.78 Å². The Bertz CT molecular complexity index is 279. The first-order chi connectivity index (χ1) is 5.22. The van der Waals surface area contributed by atoms with E-state index in [0.717, 1.165) is 0 Å². The van der Waals surface area contributed by atoms with Crippen LogP contribution in [0.25, 0.3) is 0 Å². The molecule has 11 heavy (non-hydrogen) atoms. The summed E-state index contributed by atoms with van der Waals surface area (Å²) in [6.45, 7) is 0. The predicted molar refractivity (Wildman–Crippen MR) is 44.7 cm³/mol. The minimum atomic E-state index is -0.608. The lowest BCUT2D eigenvalue weighted by Gasteiger charge is -1.91. The third kappa shape index (κ3) is 1.98. The van der Waals surface area contributed by atoms with Crippen LogP contribution in [-0.2, 0) is 4.79 Å². The fourth-order valence-electron chi connectivity index (χ4n) is 0.703. The number of Topliss-reactive ketones (excluding diaryl/α,β-unsaturated/α-hetero) is 1. The number of hydrogen-bond acceptors (Lipinski definition) is 2. The molecule has 0 aliphatic carbocycles. The van der Waals surface area contributed by atoms with Crippen LogP contribution in [0.15, 0.2) is 30.3 Å². The lowest BCUT2D eigenvalue weighted by molar-refractivity contribution is -0.106. The van der Waals surface area contributed by atoms with Gasteiger partial charge in [-0.15, -0.1) is 0 Å². The van der Waals surface area contributed by atoms with Crippen molar-refractivity contribution in [1.82, 2.24) is 0 Å². The van der Waals surface area contributed by atoms with Gasteiger partial charge >= 0.3 is 0 Å². The van der Waals surface area contributed by atoms with E-state index in [-0.39, 0.29) is 0 Å². The van der Waals surface area contributed by atoms with Crippen molar-refractivity contribution in [2.45, 2.75) is 0 Å². The largest absolute Gasteiger partial charge is 0.284 e. The molecule has 3 heteroatoms. The SMILES string of the molecule is O=C(Br)C(=O)c1ccccc1. The molecular weight excluding hydrogens is 208 g/mol. The number of halogens is 1. The van der Waals surface area contributed by atoms with Crippen LogP contribution < -0.4 is 0 Å². The van der Waals surface area contributed by atoms with Crippen molar-refractivity contribution in [3.63, 3.8) is 0 Å². The number of carbonyl (C=O) groups is 2. The second kappa shape index (κ2) is 3.44. The summed E-state index contributed by atoms with van der Waals surface area (Å²) < 4.78 is -0.608. The molecule has 0 aliphatic rings. The Balaban J connectivity index is 2.95. The maximum absolute atomic E-state index is 10.9. The van der Waals surface area contributed by atoms with Crippen LogP contribution >= 0.6 is 15.9 Å². The van der Waals surface area contributed by atoms with Crippen LogP contribution in [0.5, 0.6) is 0 Å². The molecule has 0 aromatic heterocycles. The minimum absolute atomic E-state index is 0.411. The van der Waals surface area contributed by atoms with Crippen molar-refractivity contribution >= 4 is 26.4 Å². The average molecular weight is 213 g/mol. The van der Waals surface area contributed by atoms with Crippen LogP contribution in [0.4, 0.5) is 0 Å². The van der Waals surface area contributed by atoms with Crippen LogP contribution in [0.2, 0.25) is 0 Å². The van der Waals surface area contributed by atoms with Crippen molar-refractivity contribution in [3.8, 4) is 0 Å². The zero-order valence-corrected chi connectivity index (χ0v) is 7.17. The van der Waals surface area contributed by atoms with Crippen LogP contribution in [-0.4, -0.2) is 10.5 Å². The number of benzene rings is 1. The predicted octanol–water partition coefficient (Wildman–Crippen LogP) is 1.79. The van der Waals surface area contributed by atoms with E-state index in [9.17, 15) is 9.59 Å². The molecule has 1 aromatic rings. The molecule has 0 heterocycles. The molecule has 0 unspecified atom stereocenters. The van der Waals surface area contributed by atoms with Crippen LogP contribution in [0, 0.1) is 0 Å². The molecule has 0 bridgehead atoms. The quantitative estimate of drug-likeness (QED) is 0.426. The van der Waals surface area contributed by atoms with Gasteiger partial charge in [0.25, 0.3) is 4.69 Å². The molecule has 0 N–H and O–H groups in total. The highest BCUT2D eigenvalue weighted by Crippen LogP contribution is 2.02. The van der Waals surface area contributed by atoms with Gasteiger partial charge < -0.3 is 0 Å². The van der Waals surface area contributed by atoms with Gasteiger partial charge in [0.1, 0.15) is 0 Å². The van der Waals surface area contributed by atoms with E-state index in [1.165, 1.54) is 0 Å². The Morgan fingerprint density at radius 3 is 2.09 bits per heavy atom. The van der Waals surface area contributed by atoms with E-state index in [2.05, 4.69) is 15.9 Å². The van der Waals surface area contributed by atoms with Gasteiger partial charge in [-0.1, -0.05) is 30.3 Å². The van der Waals surface area contributed by atoms with E-state index in [1.807, 2.05) is 0 Å². The van der Waals surface area contributed by atoms with E-state index in [1.54, 1.807) is 30.3 Å². The monoisotopic (exact) mass is 212 g/mol. The second-order valence-electron chi connectivity index (χ2n) is 1.97. The highest BCUT2D eigenvalue weighted by atomic mass is 79.9. The molecule has 1 aromatic carbocycles. The molecule has 0 amide bonds. The Morgan fingerprint density at radius 2 is 1.64 bits per heavy atom. The third-order valence-electron chi connectivity index (χ3n) is 1.21. The normalized spacial score (nSPS) is 9.18. The Labute approximate surface area is 72.4 Å². The first-order valence-corrected chi connectivity index (χ1v) is 3.80. The lowest BCUT2D eigenvalue weighted by Crippen LogP contribution is -2.05. The number of carbonyl (C=O) groups excluding carboxylic acids is 2. The summed E-state index contributed by atoms with van der Waals surface area (Å²) in [5.74, 6) is -0.509. The molecule has 0 atom stereocenters. The van der Waals surface area contributed by atoms with Crippen molar-refractivity contribution in [3.05, 3.63) is 35.9 Å². The van der Waals surface area contributed by atoms with Gasteiger partial charge in [-0.3, -0.25) is 9.59 Å². The maximum Gasteiger partial charge on any atom is 0.268 e. The molecule has 56 valence electrons. The van der Waals surface area contributed by atoms with Gasteiger partial charge in [0.05, 0.1) is 0 Å². The fourth-order valence-corrected chi connectivity index (χ4v) is 0.932. The van der Waals surface area contributed by atoms with Crippen molar-refractivity contribution < 1.29 is 9.59 Å². The first kappa shape index (κ1) is 8.14. The molecule has 0 saturated carbocycles. The average Bonchev–Trinajstić information content (AvgIpc) is 2.05. The summed E-state index contributed by atoms with van der Waals surface area (Å²) in [6.07, 6.45) is 0. The molecule has 0 saturated heterocycles. The molecule has 0 spiro atoms. The van der Waals surface area contributed by atoms with Gasteiger partial charge in [0.15, 0.2) is 0 Å². The molecular formula is C8H5BrO2. The lowest BCUT2D eigenvalue weighted by atomic mass is 10.1. The zero-order chi connectivity index (χ0) is 8.27. The summed E-state index contributed by atoms with van der Waals surface area (Å²) in [6, 6.07) is 8.41. The maximum atomic E-state index is 10.9. The Hall–Kier alpha value is -0.960. The molecule has 0 fully saturated rings. The Morgan fingerprint density at radius 1 is 1.09 bits per heavy atom. The van der Waals surface area contributed by atoms with Gasteiger partial charge in [-0.25, -0.2) is 0 Å². The minimum Gasteiger partial charge on any atom is -0.284 e. The second-order valence-corrected chi connectivity index (χ2v) is 2.69. The van der Waals surface area contributed by atoms with Crippen molar-refractivity contribution in [2.24, 2.45) is 0 Å². The number of rotatable bonds is 2. The fraction of sp³-hybridized carbons (Fsp3) is 0. The summed E-state index contributed by atoms with van der Waals surface area (Å²) in [4.78, 5) is 21.5. The smallest absolute Gasteiger partial charge is 0.268 e. The highest BCUT2D eigenvalue weighted by molar-refractivity contribution is 9.19. The van der Waals surface area contributed by atoms with E-state index in [4.69, 9.17) is 0 Å². The number of hydrogen-bond donors (Lipinski definition) is 0. The van der Waals surface area contributed by atoms with Gasteiger partial charge in [-0.05, 0) is 0 Å². The molecule has 1 rings (SSSR count). The third-order valence-corrected chi connectivity index (χ3v) is 1.57. The van der Waals surface area contributed by atoms with Crippen molar-refractivity contribution in [2.75, 3.05) is 0 Å². The summed E-state index contributed by atoms with van der Waals surface area (Å²) >= 11 is 2.59. The van der Waals surface area contributed by atoms with Gasteiger partial charge in [-0.2, -0.15) is 0 Å². The topological polar surface area (TPSA) is 34.1 Å². The zero-order valence-electron chi connectivity index (χ0n) is 5.58. The molecule has 0 radical (unpaired) electrons. The summed E-state index contributed by atoms with van der Waals surface area (Å²) in [7, 11) is 0. The van der Waals surface area contributed by atoms with Crippen LogP contribution in [0.3, 0.4) is 0 Å². The van der Waals surface area contributed by atoms with E-state index < -0.39 is 10.5 Å². The standard InChI is InChI=1S/C8H5BrO2/c9-8(11)7(10)6-4-2-1-3-5-6/h1-5H. The number of ketones is 1. The van der Waals surface area contributed by atoms with Gasteiger partial charge in [0, 0.05) is 21.5 Å². The highest BCUT2D eigenvalue weighted by Gasteiger charge is 2.10. The summed E-state index contributed by atoms with van der Waals surface area (Å²) in [5, 5.41) is 0. The van der Waals surface area contributed by atoms with Crippen molar-refractivity contribution in [1.29, 1.82) is 0 Å². The van der Waals surface area contributed by atoms with Crippen LogP contribution in [0.1, 0.15) is 10.4 Å². The van der Waals surface area contributed by atoms with E-state index in [0.29, 0.717) is 5.56 Å². The molecule has 2 nitrogen and oxygen atoms in total. The summed E-state index contributed by atoms with van der Waals surface area (Å²) in [5.41, 5.74) is 0.411.